The molecule has 2 heterocycles. The largest absolute Gasteiger partial charge is 0.530 e. The van der Waals surface area contributed by atoms with E-state index in [1.165, 1.54) is 0 Å². The van der Waals surface area contributed by atoms with Gasteiger partial charge in [0, 0.05) is 37.2 Å². The molecule has 0 saturated heterocycles. The molecule has 0 bridgehead atoms. The Bertz CT molecular complexity index is 2280. The van der Waals surface area contributed by atoms with Crippen molar-refractivity contribution in [3.63, 3.8) is 0 Å². The minimum Gasteiger partial charge on any atom is -0.480 e. The van der Waals surface area contributed by atoms with E-state index in [2.05, 4.69) is 22.1 Å². The second kappa shape index (κ2) is 16.0. The number of phosphoric acid groups is 1. The standard InChI is InChI=1S/C38H37N4O11P/c1-38(2)31-16-7-8-17-32(31)52-54(49,53-38)51-20-10-9-11-25-21-42(36(47)40-35(25)46)22-33(43)41(23-34(44)45)19-18-39-37(48)50-24-30-28-14-5-3-12-26(28)27-13-4-6-15-29(27)30/h3-8,12-17,21,30H,10,18-20,22-24H2,1-2H3,(H,39,48)(H,44,45)(H,40,46,47). The Kier molecular flexibility index (Phi) is 11.2. The van der Waals surface area contributed by atoms with Gasteiger partial charge in [0.25, 0.3) is 5.56 Å². The van der Waals surface area contributed by atoms with Gasteiger partial charge in [0.1, 0.15) is 36.6 Å². The highest BCUT2D eigenvalue weighted by Crippen LogP contribution is 2.60. The second-order valence-electron chi connectivity index (χ2n) is 12.9. The van der Waals surface area contributed by atoms with Gasteiger partial charge in [-0.3, -0.25) is 33.0 Å². The number of aliphatic carboxylic acids is 1. The number of fused-ring (bicyclic) bond motifs is 4. The average molecular weight is 757 g/mol. The lowest BCUT2D eigenvalue weighted by Crippen LogP contribution is -2.44. The van der Waals surface area contributed by atoms with Crippen molar-refractivity contribution in [2.24, 2.45) is 0 Å². The van der Waals surface area contributed by atoms with Crippen LogP contribution in [-0.2, 0) is 40.1 Å². The maximum Gasteiger partial charge on any atom is 0.530 e. The first kappa shape index (κ1) is 37.8. The van der Waals surface area contributed by atoms with Crippen LogP contribution in [-0.4, -0.2) is 70.4 Å². The number of aromatic nitrogens is 2. The van der Waals surface area contributed by atoms with Crippen molar-refractivity contribution in [2.75, 3.05) is 32.8 Å². The molecule has 0 radical (unpaired) electrons. The highest BCUT2D eigenvalue weighted by atomic mass is 31.2. The molecule has 1 aliphatic heterocycles. The Morgan fingerprint density at radius 3 is 2.39 bits per heavy atom. The minimum absolute atomic E-state index is 0.000648. The van der Waals surface area contributed by atoms with E-state index in [0.29, 0.717) is 11.3 Å². The summed E-state index contributed by atoms with van der Waals surface area (Å²) in [6.07, 6.45) is 0.333. The third kappa shape index (κ3) is 8.64. The molecule has 16 heteroatoms. The number of carboxylic acid groups (broad SMARTS) is 1. The maximum atomic E-state index is 13.2. The first-order valence-corrected chi connectivity index (χ1v) is 18.4. The molecule has 0 fully saturated rings. The summed E-state index contributed by atoms with van der Waals surface area (Å²) in [7, 11) is -3.98. The van der Waals surface area contributed by atoms with Crippen molar-refractivity contribution in [1.29, 1.82) is 0 Å². The van der Waals surface area contributed by atoms with E-state index in [9.17, 15) is 33.6 Å². The smallest absolute Gasteiger partial charge is 0.480 e. The van der Waals surface area contributed by atoms with E-state index < -0.39 is 55.7 Å². The van der Waals surface area contributed by atoms with E-state index >= 15 is 0 Å². The Morgan fingerprint density at radius 2 is 1.69 bits per heavy atom. The number of amides is 2. The summed E-state index contributed by atoms with van der Waals surface area (Å²) in [4.78, 5) is 65.4. The summed E-state index contributed by atoms with van der Waals surface area (Å²) in [5.74, 6) is 3.43. The molecule has 3 aromatic carbocycles. The molecule has 280 valence electrons. The van der Waals surface area contributed by atoms with Gasteiger partial charge in [-0.05, 0) is 42.2 Å². The molecule has 2 amide bonds. The molecule has 6 rings (SSSR count). The summed E-state index contributed by atoms with van der Waals surface area (Å²) >= 11 is 0. The summed E-state index contributed by atoms with van der Waals surface area (Å²) < 4.78 is 36.1. The van der Waals surface area contributed by atoms with E-state index in [0.717, 1.165) is 37.9 Å². The van der Waals surface area contributed by atoms with E-state index in [-0.39, 0.29) is 44.2 Å². The van der Waals surface area contributed by atoms with Gasteiger partial charge >= 0.3 is 25.6 Å². The predicted octanol–water partition coefficient (Wildman–Crippen LogP) is 4.20. The molecule has 2 aliphatic rings. The number of benzene rings is 3. The third-order valence-electron chi connectivity index (χ3n) is 8.78. The number of para-hydroxylation sites is 1. The van der Waals surface area contributed by atoms with Crippen molar-refractivity contribution in [3.05, 3.63) is 122 Å². The molecule has 1 unspecified atom stereocenters. The SMILES string of the molecule is CC1(C)OP(=O)(OCCC#Cc2cn(CC(=O)N(CCNC(=O)OCC3c4ccccc4-c4ccccc43)CC(=O)O)c(=O)[nH]c2=O)Oc2ccccc21. The van der Waals surface area contributed by atoms with E-state index in [1.54, 1.807) is 32.0 Å². The van der Waals surface area contributed by atoms with Gasteiger partial charge in [-0.25, -0.2) is 14.2 Å². The average Bonchev–Trinajstić information content (AvgIpc) is 3.44. The lowest BCUT2D eigenvalue weighted by Gasteiger charge is -2.35. The van der Waals surface area contributed by atoms with E-state index in [4.69, 9.17) is 18.3 Å². The number of hydrogen-bond donors (Lipinski definition) is 3. The van der Waals surface area contributed by atoms with Crippen LogP contribution in [0.15, 0.2) is 88.6 Å². The monoisotopic (exact) mass is 756 g/mol. The number of nitrogens with zero attached hydrogens (tertiary/aromatic N) is 2. The number of alkyl carbamates (subject to hydrolysis) is 1. The van der Waals surface area contributed by atoms with Gasteiger partial charge in [0.05, 0.1) is 6.61 Å². The number of ether oxygens (including phenoxy) is 1. The topological polar surface area (TPSA) is 196 Å². The number of hydrogen-bond acceptors (Lipinski definition) is 10. The van der Waals surface area contributed by atoms with E-state index in [1.807, 2.05) is 54.6 Å². The van der Waals surface area contributed by atoms with Crippen LogP contribution in [0.3, 0.4) is 0 Å². The molecule has 4 aromatic rings. The zero-order valence-electron chi connectivity index (χ0n) is 29.4. The second-order valence-corrected chi connectivity index (χ2v) is 14.4. The summed E-state index contributed by atoms with van der Waals surface area (Å²) in [5.41, 5.74) is 2.13. The Balaban J connectivity index is 1.02. The van der Waals surface area contributed by atoms with Crippen molar-refractivity contribution in [2.45, 2.75) is 38.3 Å². The fourth-order valence-electron chi connectivity index (χ4n) is 6.29. The van der Waals surface area contributed by atoms with Gasteiger partial charge in [-0.2, -0.15) is 0 Å². The van der Waals surface area contributed by atoms with Gasteiger partial charge in [0.15, 0.2) is 0 Å². The number of carboxylic acids is 1. The van der Waals surface area contributed by atoms with Crippen LogP contribution in [0.5, 0.6) is 5.75 Å². The highest BCUT2D eigenvalue weighted by Gasteiger charge is 2.44. The number of nitrogens with one attached hydrogen (secondary N) is 2. The van der Waals surface area contributed by atoms with Crippen molar-refractivity contribution in [3.8, 4) is 28.7 Å². The Morgan fingerprint density at radius 1 is 1.02 bits per heavy atom. The third-order valence-corrected chi connectivity index (χ3v) is 10.4. The Labute approximate surface area is 309 Å². The molecule has 3 N–H and O–H groups in total. The molecule has 0 spiro atoms. The summed E-state index contributed by atoms with van der Waals surface area (Å²) in [6.45, 7) is 1.69. The molecule has 1 atom stereocenters. The molecule has 1 aliphatic carbocycles. The predicted molar refractivity (Wildman–Crippen MR) is 195 cm³/mol. The normalized spacial score (nSPS) is 16.4. The first-order valence-electron chi connectivity index (χ1n) is 17.0. The Hall–Kier alpha value is -5.94. The van der Waals surface area contributed by atoms with Crippen molar-refractivity contribution < 1.29 is 42.4 Å². The van der Waals surface area contributed by atoms with Gasteiger partial charge < -0.3 is 24.6 Å². The molecule has 0 saturated carbocycles. The maximum absolute atomic E-state index is 13.2. The summed E-state index contributed by atoms with van der Waals surface area (Å²) in [6, 6.07) is 22.8. The molecular formula is C38H37N4O11P. The molecular weight excluding hydrogens is 719 g/mol. The number of carbonyl (C=O) groups is 3. The van der Waals surface area contributed by atoms with Gasteiger partial charge in [-0.15, -0.1) is 0 Å². The quantitative estimate of drug-likeness (QED) is 0.107. The van der Waals surface area contributed by atoms with Crippen molar-refractivity contribution in [1.82, 2.24) is 19.8 Å². The van der Waals surface area contributed by atoms with Crippen LogP contribution in [0.1, 0.15) is 48.4 Å². The van der Waals surface area contributed by atoms with Crippen LogP contribution in [0.4, 0.5) is 4.79 Å². The lowest BCUT2D eigenvalue weighted by atomic mass is 9.98. The van der Waals surface area contributed by atoms with Gasteiger partial charge in [-0.1, -0.05) is 78.6 Å². The number of rotatable bonds is 12. The molecule has 54 heavy (non-hydrogen) atoms. The number of aromatic amines is 1. The highest BCUT2D eigenvalue weighted by molar-refractivity contribution is 7.49. The zero-order valence-corrected chi connectivity index (χ0v) is 30.3. The van der Waals surface area contributed by atoms with Crippen molar-refractivity contribution >= 4 is 25.8 Å². The number of carbonyl (C=O) groups excluding carboxylic acids is 2. The summed E-state index contributed by atoms with van der Waals surface area (Å²) in [5, 5.41) is 12.0. The van der Waals surface area contributed by atoms with Gasteiger partial charge in [0.2, 0.25) is 5.91 Å². The fraction of sp³-hybridized carbons (Fsp3) is 0.289. The number of H-pyrrole nitrogens is 1. The van der Waals surface area contributed by atoms with Crippen LogP contribution in [0.2, 0.25) is 0 Å². The molecule has 1 aromatic heterocycles. The lowest BCUT2D eigenvalue weighted by molar-refractivity contribution is -0.144. The van der Waals surface area contributed by atoms with Crippen LogP contribution in [0, 0.1) is 11.8 Å². The zero-order chi connectivity index (χ0) is 38.5. The van der Waals surface area contributed by atoms with Crippen LogP contribution >= 0.6 is 7.82 Å². The minimum atomic E-state index is -3.98. The number of phosphoric ester groups is 1. The fourth-order valence-corrected chi connectivity index (χ4v) is 7.80. The van der Waals surface area contributed by atoms with Crippen LogP contribution < -0.4 is 21.1 Å². The molecule has 15 nitrogen and oxygen atoms in total. The first-order chi connectivity index (χ1) is 25.8. The van der Waals surface area contributed by atoms with Crippen LogP contribution in [0.25, 0.3) is 11.1 Å².